The number of primary amides is 1. The van der Waals surface area contributed by atoms with E-state index in [0.717, 1.165) is 11.8 Å². The van der Waals surface area contributed by atoms with Gasteiger partial charge >= 0.3 is 6.18 Å². The van der Waals surface area contributed by atoms with E-state index in [0.29, 0.717) is 22.1 Å². The van der Waals surface area contributed by atoms with Gasteiger partial charge in [-0.05, 0) is 38.5 Å². The number of aryl methyl sites for hydroxylation is 2. The lowest BCUT2D eigenvalue weighted by molar-refractivity contribution is -0.141. The lowest BCUT2D eigenvalue weighted by Gasteiger charge is -2.09. The van der Waals surface area contributed by atoms with Crippen molar-refractivity contribution >= 4 is 50.7 Å². The first-order valence-electron chi connectivity index (χ1n) is 9.72. The van der Waals surface area contributed by atoms with E-state index in [-0.39, 0.29) is 38.7 Å². The highest BCUT2D eigenvalue weighted by Crippen LogP contribution is 2.39. The number of hydrogen-bond acceptors (Lipinski definition) is 6. The molecule has 3 N–H and O–H groups in total. The van der Waals surface area contributed by atoms with E-state index in [2.05, 4.69) is 20.5 Å². The summed E-state index contributed by atoms with van der Waals surface area (Å²) in [4.78, 5) is 28.3. The molecule has 4 heterocycles. The van der Waals surface area contributed by atoms with Crippen molar-refractivity contribution < 1.29 is 22.8 Å². The summed E-state index contributed by atoms with van der Waals surface area (Å²) in [7, 11) is 0. The third kappa shape index (κ3) is 4.23. The fourth-order valence-electron chi connectivity index (χ4n) is 3.41. The Balaban J connectivity index is 1.66. The van der Waals surface area contributed by atoms with Crippen LogP contribution in [0.1, 0.15) is 42.8 Å². The van der Waals surface area contributed by atoms with Crippen molar-refractivity contribution in [2.75, 3.05) is 5.32 Å². The van der Waals surface area contributed by atoms with Gasteiger partial charge in [0.2, 0.25) is 0 Å². The van der Waals surface area contributed by atoms with E-state index in [9.17, 15) is 22.8 Å². The average Bonchev–Trinajstić information content (AvgIpc) is 3.42. The molecule has 2 amide bonds. The Morgan fingerprint density at radius 1 is 1.24 bits per heavy atom. The lowest BCUT2D eigenvalue weighted by Crippen LogP contribution is -2.18. The summed E-state index contributed by atoms with van der Waals surface area (Å²) in [5.41, 5.74) is 5.90. The van der Waals surface area contributed by atoms with Crippen LogP contribution in [0.4, 0.5) is 18.9 Å². The molecule has 0 fully saturated rings. The van der Waals surface area contributed by atoms with Gasteiger partial charge in [-0.1, -0.05) is 11.6 Å². The fourth-order valence-corrected chi connectivity index (χ4v) is 4.60. The number of alkyl halides is 3. The molecule has 0 radical (unpaired) electrons. The van der Waals surface area contributed by atoms with Crippen LogP contribution in [-0.4, -0.2) is 36.4 Å². The standard InChI is InChI=1S/C20H17ClF3N7O2S/c1-8-6-12(20(22,23)24)26-19-13(8)15(16(34-19)17(25)32)27-18(33)11-4-5-30(29-11)7-31-10(3)14(21)9(2)28-31/h4-6H,7H2,1-3H3,(H2,25,32)(H,27,33). The van der Waals surface area contributed by atoms with Gasteiger partial charge in [-0.3, -0.25) is 14.3 Å². The molecule has 4 rings (SSSR count). The maximum Gasteiger partial charge on any atom is 0.433 e. The number of fused-ring (bicyclic) bond motifs is 1. The quantitative estimate of drug-likeness (QED) is 0.417. The Labute approximate surface area is 199 Å². The topological polar surface area (TPSA) is 121 Å². The van der Waals surface area contributed by atoms with Crippen LogP contribution in [0, 0.1) is 20.8 Å². The first kappa shape index (κ1) is 23.7. The molecule has 0 saturated heterocycles. The summed E-state index contributed by atoms with van der Waals surface area (Å²) in [5, 5.41) is 11.8. The third-order valence-corrected chi connectivity index (χ3v) is 6.70. The summed E-state index contributed by atoms with van der Waals surface area (Å²) >= 11 is 6.83. The van der Waals surface area contributed by atoms with Gasteiger partial charge in [0.25, 0.3) is 11.8 Å². The van der Waals surface area contributed by atoms with Gasteiger partial charge in [0.05, 0.1) is 22.1 Å². The molecule has 0 atom stereocenters. The molecule has 0 aliphatic rings. The highest BCUT2D eigenvalue weighted by molar-refractivity contribution is 7.21. The van der Waals surface area contributed by atoms with Crippen molar-refractivity contribution in [1.82, 2.24) is 24.5 Å². The number of carbonyl (C=O) groups excluding carboxylic acids is 2. The highest BCUT2D eigenvalue weighted by Gasteiger charge is 2.34. The second-order valence-corrected chi connectivity index (χ2v) is 8.87. The van der Waals surface area contributed by atoms with Crippen molar-refractivity contribution in [3.63, 3.8) is 0 Å². The van der Waals surface area contributed by atoms with Crippen LogP contribution in [0.3, 0.4) is 0 Å². The summed E-state index contributed by atoms with van der Waals surface area (Å²) in [5.74, 6) is -1.58. The van der Waals surface area contributed by atoms with Crippen LogP contribution in [0.2, 0.25) is 5.02 Å². The normalized spacial score (nSPS) is 11.9. The number of rotatable bonds is 5. The van der Waals surface area contributed by atoms with Gasteiger partial charge in [0.15, 0.2) is 5.69 Å². The molecular formula is C20H17ClF3N7O2S. The molecular weight excluding hydrogens is 495 g/mol. The van der Waals surface area contributed by atoms with Gasteiger partial charge in [-0.2, -0.15) is 23.4 Å². The molecule has 0 aromatic carbocycles. The molecule has 0 saturated carbocycles. The second kappa shape index (κ2) is 8.40. The predicted octanol–water partition coefficient (Wildman–Crippen LogP) is 4.14. The molecule has 0 unspecified atom stereocenters. The minimum Gasteiger partial charge on any atom is -0.365 e. The van der Waals surface area contributed by atoms with E-state index in [1.54, 1.807) is 24.7 Å². The molecule has 14 heteroatoms. The zero-order chi connectivity index (χ0) is 24.9. The molecule has 178 valence electrons. The molecule has 9 nitrogen and oxygen atoms in total. The Morgan fingerprint density at radius 2 is 1.94 bits per heavy atom. The van der Waals surface area contributed by atoms with Gasteiger partial charge in [-0.25, -0.2) is 9.67 Å². The van der Waals surface area contributed by atoms with Gasteiger partial charge in [-0.15, -0.1) is 11.3 Å². The first-order valence-corrected chi connectivity index (χ1v) is 10.9. The summed E-state index contributed by atoms with van der Waals surface area (Å²) < 4.78 is 42.6. The molecule has 0 bridgehead atoms. The van der Waals surface area contributed by atoms with Crippen molar-refractivity contribution in [2.45, 2.75) is 33.6 Å². The Morgan fingerprint density at radius 3 is 2.53 bits per heavy atom. The van der Waals surface area contributed by atoms with Crippen LogP contribution in [-0.2, 0) is 12.8 Å². The van der Waals surface area contributed by atoms with E-state index >= 15 is 0 Å². The van der Waals surface area contributed by atoms with Crippen molar-refractivity contribution in [2.24, 2.45) is 5.73 Å². The molecule has 0 spiro atoms. The smallest absolute Gasteiger partial charge is 0.365 e. The third-order valence-electron chi connectivity index (χ3n) is 5.06. The Hall–Kier alpha value is -3.45. The van der Waals surface area contributed by atoms with E-state index in [1.807, 2.05) is 0 Å². The predicted molar refractivity (Wildman–Crippen MR) is 120 cm³/mol. The van der Waals surface area contributed by atoms with Crippen LogP contribution >= 0.6 is 22.9 Å². The SMILES string of the molecule is Cc1nn(Cn2ccc(C(=O)Nc3c(C(N)=O)sc4nc(C(F)(F)F)cc(C)c34)n2)c(C)c1Cl. The summed E-state index contributed by atoms with van der Waals surface area (Å²) in [6.45, 7) is 5.20. The van der Waals surface area contributed by atoms with Crippen LogP contribution in [0.15, 0.2) is 18.3 Å². The molecule has 34 heavy (non-hydrogen) atoms. The van der Waals surface area contributed by atoms with Crippen LogP contribution in [0.5, 0.6) is 0 Å². The summed E-state index contributed by atoms with van der Waals surface area (Å²) in [6, 6.07) is 2.30. The zero-order valence-electron chi connectivity index (χ0n) is 18.0. The number of pyridine rings is 1. The molecule has 4 aromatic heterocycles. The number of carbonyl (C=O) groups is 2. The van der Waals surface area contributed by atoms with Crippen LogP contribution in [0.25, 0.3) is 10.2 Å². The van der Waals surface area contributed by atoms with Crippen molar-refractivity contribution in [1.29, 1.82) is 0 Å². The first-order chi connectivity index (χ1) is 15.9. The monoisotopic (exact) mass is 511 g/mol. The highest BCUT2D eigenvalue weighted by atomic mass is 35.5. The van der Waals surface area contributed by atoms with E-state index in [1.165, 1.54) is 17.7 Å². The maximum absolute atomic E-state index is 13.2. The van der Waals surface area contributed by atoms with Gasteiger partial charge in [0.1, 0.15) is 22.1 Å². The number of nitrogens with zero attached hydrogens (tertiary/aromatic N) is 5. The minimum absolute atomic E-state index is 0.00361. The van der Waals surface area contributed by atoms with Crippen LogP contribution < -0.4 is 11.1 Å². The minimum atomic E-state index is -4.66. The number of anilines is 1. The van der Waals surface area contributed by atoms with E-state index < -0.39 is 23.7 Å². The number of nitrogens with two attached hydrogens (primary N) is 1. The number of hydrogen-bond donors (Lipinski definition) is 2. The largest absolute Gasteiger partial charge is 0.433 e. The Bertz CT molecular complexity index is 1450. The fraction of sp³-hybridized carbons (Fsp3) is 0.250. The second-order valence-electron chi connectivity index (χ2n) is 7.49. The number of thiophene rings is 1. The average molecular weight is 512 g/mol. The molecule has 0 aliphatic carbocycles. The zero-order valence-corrected chi connectivity index (χ0v) is 19.6. The molecule has 0 aliphatic heterocycles. The Kier molecular flexibility index (Phi) is 5.85. The number of halogens is 4. The van der Waals surface area contributed by atoms with Gasteiger partial charge < -0.3 is 11.1 Å². The van der Waals surface area contributed by atoms with E-state index in [4.69, 9.17) is 17.3 Å². The molecule has 4 aromatic rings. The number of amides is 2. The lowest BCUT2D eigenvalue weighted by atomic mass is 10.1. The van der Waals surface area contributed by atoms with Crippen molar-refractivity contribution in [3.05, 3.63) is 56.6 Å². The van der Waals surface area contributed by atoms with Crippen molar-refractivity contribution in [3.8, 4) is 0 Å². The van der Waals surface area contributed by atoms with Gasteiger partial charge in [0, 0.05) is 11.6 Å². The summed E-state index contributed by atoms with van der Waals surface area (Å²) in [6.07, 6.45) is -3.11. The number of aromatic nitrogens is 5. The maximum atomic E-state index is 13.2. The number of nitrogens with one attached hydrogen (secondary N) is 1.